The van der Waals surface area contributed by atoms with Gasteiger partial charge >= 0.3 is 0 Å². The standard InChI is InChI=1S/C19H16N4OS.C2H6.C2H4.C2H2/c1-20-13-9-10-15(17(24)11-13)18-21-22-19(25)23(18)16-8-4-6-12-5-2-3-7-14(12)16;3*1-2/h2-11,20,24H,1H3,(H,22,25);1-2H3;1-2H2;1-2H. The van der Waals surface area contributed by atoms with Crippen LogP contribution in [-0.2, 0) is 0 Å². The summed E-state index contributed by atoms with van der Waals surface area (Å²) in [5.41, 5.74) is 2.36. The van der Waals surface area contributed by atoms with E-state index in [4.69, 9.17) is 12.2 Å². The average molecular weight is 433 g/mol. The molecule has 0 saturated heterocycles. The van der Waals surface area contributed by atoms with Gasteiger partial charge in [0.05, 0.1) is 11.3 Å². The third kappa shape index (κ3) is 5.41. The van der Waals surface area contributed by atoms with Crippen LogP contribution in [0.3, 0.4) is 0 Å². The number of phenolic OH excluding ortho intramolecular Hbond substituents is 1. The molecular weight excluding hydrogens is 404 g/mol. The predicted molar refractivity (Wildman–Crippen MR) is 135 cm³/mol. The number of H-pyrrole nitrogens is 1. The zero-order chi connectivity index (χ0) is 23.4. The minimum atomic E-state index is 0.141. The summed E-state index contributed by atoms with van der Waals surface area (Å²) in [6.45, 7) is 10.0. The molecule has 1 aromatic heterocycles. The number of aromatic hydroxyl groups is 1. The lowest BCUT2D eigenvalue weighted by Gasteiger charge is -2.12. The highest BCUT2D eigenvalue weighted by Gasteiger charge is 2.16. The minimum absolute atomic E-state index is 0.141. The molecule has 0 atom stereocenters. The number of phenols is 1. The van der Waals surface area contributed by atoms with Crippen molar-refractivity contribution in [1.82, 2.24) is 14.8 Å². The molecule has 1 heterocycles. The molecular formula is C25H28N4OS. The van der Waals surface area contributed by atoms with Gasteiger partial charge in [-0.05, 0) is 35.8 Å². The summed E-state index contributed by atoms with van der Waals surface area (Å²) >= 11 is 5.46. The van der Waals surface area contributed by atoms with E-state index in [-0.39, 0.29) is 5.75 Å². The zero-order valence-corrected chi connectivity index (χ0v) is 18.9. The van der Waals surface area contributed by atoms with Crippen molar-refractivity contribution in [3.8, 4) is 35.7 Å². The second-order valence-electron chi connectivity index (χ2n) is 5.67. The lowest BCUT2D eigenvalue weighted by atomic mass is 10.1. The zero-order valence-electron chi connectivity index (χ0n) is 18.1. The van der Waals surface area contributed by atoms with Gasteiger partial charge in [-0.3, -0.25) is 9.67 Å². The van der Waals surface area contributed by atoms with Crippen molar-refractivity contribution in [2.45, 2.75) is 13.8 Å². The van der Waals surface area contributed by atoms with Crippen LogP contribution in [0.4, 0.5) is 5.69 Å². The van der Waals surface area contributed by atoms with Gasteiger partial charge in [0.25, 0.3) is 0 Å². The van der Waals surface area contributed by atoms with Crippen LogP contribution in [-0.4, -0.2) is 26.9 Å². The Kier molecular flexibility index (Phi) is 10.3. The Bertz CT molecular complexity index is 1190. The Hall–Kier alpha value is -3.82. The van der Waals surface area contributed by atoms with Crippen molar-refractivity contribution in [3.05, 3.63) is 78.6 Å². The summed E-state index contributed by atoms with van der Waals surface area (Å²) in [4.78, 5) is 0. The van der Waals surface area contributed by atoms with Crippen molar-refractivity contribution in [1.29, 1.82) is 0 Å². The van der Waals surface area contributed by atoms with E-state index >= 15 is 0 Å². The smallest absolute Gasteiger partial charge is 0.200 e. The molecule has 0 fully saturated rings. The normalized spacial score (nSPS) is 9.19. The second-order valence-corrected chi connectivity index (χ2v) is 6.05. The molecule has 0 radical (unpaired) electrons. The monoisotopic (exact) mass is 432 g/mol. The van der Waals surface area contributed by atoms with E-state index < -0.39 is 0 Å². The second kappa shape index (κ2) is 12.7. The van der Waals surface area contributed by atoms with E-state index in [1.54, 1.807) is 13.1 Å². The highest BCUT2D eigenvalue weighted by molar-refractivity contribution is 7.71. The molecule has 4 aromatic rings. The van der Waals surface area contributed by atoms with E-state index in [1.165, 1.54) is 0 Å². The van der Waals surface area contributed by atoms with Gasteiger partial charge in [-0.1, -0.05) is 50.2 Å². The number of fused-ring (bicyclic) bond motifs is 1. The van der Waals surface area contributed by atoms with E-state index in [1.807, 2.05) is 60.9 Å². The van der Waals surface area contributed by atoms with Gasteiger partial charge in [0, 0.05) is 24.2 Å². The number of anilines is 1. The molecule has 0 unspecified atom stereocenters. The molecule has 160 valence electrons. The summed E-state index contributed by atoms with van der Waals surface area (Å²) in [6, 6.07) is 19.5. The summed E-state index contributed by atoms with van der Waals surface area (Å²) in [5.74, 6) is 0.712. The number of benzene rings is 3. The van der Waals surface area contributed by atoms with E-state index in [0.717, 1.165) is 22.1 Å². The number of terminal acetylenes is 1. The van der Waals surface area contributed by atoms with E-state index in [2.05, 4.69) is 53.7 Å². The van der Waals surface area contributed by atoms with Crippen molar-refractivity contribution < 1.29 is 5.11 Å². The Balaban J connectivity index is 0.000000739. The van der Waals surface area contributed by atoms with Gasteiger partial charge in [0.2, 0.25) is 0 Å². The van der Waals surface area contributed by atoms with Gasteiger partial charge < -0.3 is 10.4 Å². The molecule has 31 heavy (non-hydrogen) atoms. The maximum Gasteiger partial charge on any atom is 0.200 e. The summed E-state index contributed by atoms with van der Waals surface area (Å²) in [5, 5.41) is 22.8. The van der Waals surface area contributed by atoms with Gasteiger partial charge in [-0.15, -0.1) is 26.0 Å². The molecule has 0 aliphatic carbocycles. The molecule has 4 rings (SSSR count). The molecule has 3 N–H and O–H groups in total. The number of rotatable bonds is 3. The van der Waals surface area contributed by atoms with Crippen LogP contribution >= 0.6 is 12.2 Å². The molecule has 0 saturated carbocycles. The number of aromatic nitrogens is 3. The van der Waals surface area contributed by atoms with Crippen LogP contribution in [0, 0.1) is 17.6 Å². The SMILES string of the molecule is C#C.C=C.CC.CNc1ccc(-c2n[nH]c(=S)n2-c2cccc3ccccc23)c(O)c1. The summed E-state index contributed by atoms with van der Waals surface area (Å²) < 4.78 is 2.33. The van der Waals surface area contributed by atoms with Crippen molar-refractivity contribution >= 4 is 28.7 Å². The fourth-order valence-electron chi connectivity index (χ4n) is 2.98. The number of aromatic amines is 1. The third-order valence-corrected chi connectivity index (χ3v) is 4.48. The van der Waals surface area contributed by atoms with Crippen LogP contribution in [0.5, 0.6) is 5.75 Å². The van der Waals surface area contributed by atoms with Crippen molar-refractivity contribution in [2.24, 2.45) is 0 Å². The van der Waals surface area contributed by atoms with Gasteiger partial charge in [0.1, 0.15) is 5.75 Å². The van der Waals surface area contributed by atoms with Crippen molar-refractivity contribution in [2.75, 3.05) is 12.4 Å². The van der Waals surface area contributed by atoms with Crippen LogP contribution in [0.25, 0.3) is 27.8 Å². The largest absolute Gasteiger partial charge is 0.507 e. The van der Waals surface area contributed by atoms with Gasteiger partial charge in [-0.2, -0.15) is 5.10 Å². The third-order valence-electron chi connectivity index (χ3n) is 4.21. The topological polar surface area (TPSA) is 65.9 Å². The first kappa shape index (κ1) is 25.2. The fraction of sp³-hybridized carbons (Fsp3) is 0.120. The average Bonchev–Trinajstić information content (AvgIpc) is 3.23. The Morgan fingerprint density at radius 3 is 2.32 bits per heavy atom. The van der Waals surface area contributed by atoms with Crippen LogP contribution in [0.1, 0.15) is 13.8 Å². The number of nitrogens with zero attached hydrogens (tertiary/aromatic N) is 2. The Morgan fingerprint density at radius 1 is 1.03 bits per heavy atom. The van der Waals surface area contributed by atoms with Gasteiger partial charge in [-0.25, -0.2) is 0 Å². The van der Waals surface area contributed by atoms with Gasteiger partial charge in [0.15, 0.2) is 10.6 Å². The summed E-state index contributed by atoms with van der Waals surface area (Å²) in [6.07, 6.45) is 8.00. The van der Waals surface area contributed by atoms with Crippen LogP contribution in [0.15, 0.2) is 73.8 Å². The molecule has 3 aromatic carbocycles. The molecule has 5 nitrogen and oxygen atoms in total. The van der Waals surface area contributed by atoms with Crippen LogP contribution in [0.2, 0.25) is 0 Å². The Morgan fingerprint density at radius 2 is 1.68 bits per heavy atom. The number of hydrogen-bond acceptors (Lipinski definition) is 4. The quantitative estimate of drug-likeness (QED) is 0.194. The predicted octanol–water partition coefficient (Wildman–Crippen LogP) is 6.58. The molecule has 0 aliphatic rings. The van der Waals surface area contributed by atoms with E-state index in [0.29, 0.717) is 16.2 Å². The highest BCUT2D eigenvalue weighted by atomic mass is 32.1. The molecule has 0 aliphatic heterocycles. The van der Waals surface area contributed by atoms with E-state index in [9.17, 15) is 5.11 Å². The molecule has 0 amide bonds. The van der Waals surface area contributed by atoms with Crippen LogP contribution < -0.4 is 5.32 Å². The first-order chi connectivity index (χ1) is 15.2. The lowest BCUT2D eigenvalue weighted by molar-refractivity contribution is 0.477. The maximum absolute atomic E-state index is 10.4. The molecule has 6 heteroatoms. The fourth-order valence-corrected chi connectivity index (χ4v) is 3.21. The minimum Gasteiger partial charge on any atom is -0.507 e. The summed E-state index contributed by atoms with van der Waals surface area (Å²) in [7, 11) is 1.81. The molecule has 0 bridgehead atoms. The maximum atomic E-state index is 10.4. The molecule has 0 spiro atoms. The highest BCUT2D eigenvalue weighted by Crippen LogP contribution is 2.33. The first-order valence-corrected chi connectivity index (χ1v) is 10.1. The lowest BCUT2D eigenvalue weighted by Crippen LogP contribution is -1.99. The number of nitrogens with one attached hydrogen (secondary N) is 2. The number of hydrogen-bond donors (Lipinski definition) is 3. The van der Waals surface area contributed by atoms with Crippen molar-refractivity contribution in [3.63, 3.8) is 0 Å². The first-order valence-electron chi connectivity index (χ1n) is 9.69. The Labute approximate surface area is 189 Å².